The van der Waals surface area contributed by atoms with E-state index in [2.05, 4.69) is 15.2 Å². The summed E-state index contributed by atoms with van der Waals surface area (Å²) in [5.74, 6) is 1.81. The Morgan fingerprint density at radius 3 is 2.73 bits per heavy atom. The molecule has 0 spiro atoms. The number of ketones is 1. The summed E-state index contributed by atoms with van der Waals surface area (Å²) in [6.07, 6.45) is 5.91. The number of hydrogen-bond acceptors (Lipinski definition) is 4. The van der Waals surface area contributed by atoms with Crippen molar-refractivity contribution >= 4 is 17.5 Å². The molecule has 1 fully saturated rings. The summed E-state index contributed by atoms with van der Waals surface area (Å²) in [6, 6.07) is 5.97. The first-order valence-electron chi connectivity index (χ1n) is 8.07. The Bertz CT molecular complexity index is 482. The van der Waals surface area contributed by atoms with Gasteiger partial charge < -0.3 is 10.2 Å². The number of nitrogens with one attached hydrogen (secondary N) is 1. The van der Waals surface area contributed by atoms with Crippen LogP contribution >= 0.6 is 0 Å². The molecule has 1 saturated heterocycles. The van der Waals surface area contributed by atoms with Crippen molar-refractivity contribution in [1.82, 2.24) is 10.3 Å². The lowest BCUT2D eigenvalue weighted by atomic mass is 9.90. The molecule has 2 heterocycles. The third-order valence-electron chi connectivity index (χ3n) is 4.11. The molecule has 0 aliphatic carbocycles. The van der Waals surface area contributed by atoms with Gasteiger partial charge in [0.2, 0.25) is 5.91 Å². The van der Waals surface area contributed by atoms with Crippen LogP contribution in [0, 0.1) is 5.92 Å². The molecule has 1 N–H and O–H groups in total. The molecule has 1 aromatic heterocycles. The van der Waals surface area contributed by atoms with E-state index >= 15 is 0 Å². The highest BCUT2D eigenvalue weighted by Crippen LogP contribution is 2.24. The molecular weight excluding hydrogens is 278 g/mol. The lowest BCUT2D eigenvalue weighted by Gasteiger charge is -2.32. The first-order chi connectivity index (χ1) is 10.6. The predicted molar refractivity (Wildman–Crippen MR) is 86.7 cm³/mol. The van der Waals surface area contributed by atoms with E-state index in [1.54, 1.807) is 0 Å². The number of rotatable bonds is 7. The monoisotopic (exact) mass is 303 g/mol. The number of Topliss-reactive ketones (excluding diaryl/α,β-unsaturated/α-hetero) is 1. The van der Waals surface area contributed by atoms with Crippen LogP contribution in [0.5, 0.6) is 0 Å². The molecule has 5 nitrogen and oxygen atoms in total. The Kier molecular flexibility index (Phi) is 6.37. The molecule has 1 aliphatic rings. The molecule has 1 amide bonds. The van der Waals surface area contributed by atoms with Crippen molar-refractivity contribution in [2.24, 2.45) is 5.92 Å². The molecule has 0 bridgehead atoms. The fraction of sp³-hybridized carbons (Fsp3) is 0.588. The van der Waals surface area contributed by atoms with Crippen molar-refractivity contribution in [1.29, 1.82) is 0 Å². The molecule has 1 aliphatic heterocycles. The Morgan fingerprint density at radius 1 is 1.32 bits per heavy atom. The van der Waals surface area contributed by atoms with Crippen molar-refractivity contribution in [3.63, 3.8) is 0 Å². The first-order valence-corrected chi connectivity index (χ1v) is 8.07. The molecule has 0 saturated carbocycles. The second-order valence-corrected chi connectivity index (χ2v) is 5.95. The van der Waals surface area contributed by atoms with Crippen molar-refractivity contribution in [2.75, 3.05) is 24.5 Å². The lowest BCUT2D eigenvalue weighted by Crippen LogP contribution is -2.34. The normalized spacial score (nSPS) is 15.6. The van der Waals surface area contributed by atoms with Crippen LogP contribution in [0.2, 0.25) is 0 Å². The van der Waals surface area contributed by atoms with Crippen molar-refractivity contribution in [2.45, 2.75) is 39.0 Å². The maximum absolute atomic E-state index is 12.0. The van der Waals surface area contributed by atoms with Gasteiger partial charge in [-0.25, -0.2) is 4.98 Å². The number of amides is 1. The molecule has 1 aromatic rings. The number of piperidine rings is 1. The van der Waals surface area contributed by atoms with E-state index in [1.165, 1.54) is 6.92 Å². The number of carbonyl (C=O) groups is 2. The van der Waals surface area contributed by atoms with Gasteiger partial charge in [0.1, 0.15) is 11.6 Å². The highest BCUT2D eigenvalue weighted by Gasteiger charge is 2.21. The van der Waals surface area contributed by atoms with Gasteiger partial charge in [0, 0.05) is 45.6 Å². The van der Waals surface area contributed by atoms with Crippen LogP contribution in [-0.4, -0.2) is 36.3 Å². The number of pyridine rings is 1. The van der Waals surface area contributed by atoms with Crippen LogP contribution in [0.4, 0.5) is 5.82 Å². The summed E-state index contributed by atoms with van der Waals surface area (Å²) in [5, 5.41) is 2.72. The average Bonchev–Trinajstić information content (AvgIpc) is 2.53. The van der Waals surface area contributed by atoms with Crippen molar-refractivity contribution < 1.29 is 9.59 Å². The highest BCUT2D eigenvalue weighted by atomic mass is 16.1. The summed E-state index contributed by atoms with van der Waals surface area (Å²) >= 11 is 0. The summed E-state index contributed by atoms with van der Waals surface area (Å²) in [5.41, 5.74) is 0. The fourth-order valence-corrected chi connectivity index (χ4v) is 2.88. The largest absolute Gasteiger partial charge is 0.357 e. The lowest BCUT2D eigenvalue weighted by molar-refractivity contribution is -0.121. The Hall–Kier alpha value is -1.91. The molecule has 0 unspecified atom stereocenters. The van der Waals surface area contributed by atoms with E-state index in [1.807, 2.05) is 24.4 Å². The molecule has 0 radical (unpaired) electrons. The quantitative estimate of drug-likeness (QED) is 0.784. The summed E-state index contributed by atoms with van der Waals surface area (Å²) in [4.78, 5) is 29.4. The maximum atomic E-state index is 12.0. The van der Waals surface area contributed by atoms with Gasteiger partial charge in [0.25, 0.3) is 0 Å². The van der Waals surface area contributed by atoms with Crippen LogP contribution in [0.25, 0.3) is 0 Å². The van der Waals surface area contributed by atoms with Crippen LogP contribution in [0.1, 0.15) is 39.0 Å². The average molecular weight is 303 g/mol. The third-order valence-corrected chi connectivity index (χ3v) is 4.11. The van der Waals surface area contributed by atoms with Crippen molar-refractivity contribution in [3.05, 3.63) is 24.4 Å². The van der Waals surface area contributed by atoms with Gasteiger partial charge in [0.15, 0.2) is 0 Å². The second kappa shape index (κ2) is 8.51. The topological polar surface area (TPSA) is 62.3 Å². The molecular formula is C17H25N3O2. The molecule has 0 aromatic carbocycles. The van der Waals surface area contributed by atoms with E-state index in [9.17, 15) is 9.59 Å². The SMILES string of the molecule is CC(=O)NCCCC(=O)CC1CCN(c2ccccn2)CC1. The molecule has 22 heavy (non-hydrogen) atoms. The smallest absolute Gasteiger partial charge is 0.216 e. The number of nitrogens with zero attached hydrogens (tertiary/aromatic N) is 2. The Labute approximate surface area is 132 Å². The first kappa shape index (κ1) is 16.5. The minimum atomic E-state index is -0.0330. The zero-order chi connectivity index (χ0) is 15.8. The minimum absolute atomic E-state index is 0.0330. The van der Waals surface area contributed by atoms with E-state index in [4.69, 9.17) is 0 Å². The second-order valence-electron chi connectivity index (χ2n) is 5.95. The van der Waals surface area contributed by atoms with E-state index in [0.717, 1.165) is 38.2 Å². The third kappa shape index (κ3) is 5.47. The zero-order valence-electron chi connectivity index (χ0n) is 13.3. The standard InChI is InChI=1S/C17H25N3O2/c1-14(21)18-10-4-5-16(22)13-15-7-11-20(12-8-15)17-6-2-3-9-19-17/h2-3,6,9,15H,4-5,7-8,10-13H2,1H3,(H,18,21). The minimum Gasteiger partial charge on any atom is -0.357 e. The van der Waals surface area contributed by atoms with Gasteiger partial charge >= 0.3 is 0 Å². The van der Waals surface area contributed by atoms with Gasteiger partial charge in [-0.15, -0.1) is 0 Å². The van der Waals surface area contributed by atoms with Gasteiger partial charge in [0.05, 0.1) is 0 Å². The molecule has 2 rings (SSSR count). The maximum Gasteiger partial charge on any atom is 0.216 e. The van der Waals surface area contributed by atoms with Gasteiger partial charge in [-0.05, 0) is 37.3 Å². The van der Waals surface area contributed by atoms with E-state index in [-0.39, 0.29) is 5.91 Å². The van der Waals surface area contributed by atoms with Gasteiger partial charge in [-0.2, -0.15) is 0 Å². The highest BCUT2D eigenvalue weighted by molar-refractivity contribution is 5.78. The van der Waals surface area contributed by atoms with Gasteiger partial charge in [-0.3, -0.25) is 9.59 Å². The summed E-state index contributed by atoms with van der Waals surface area (Å²) < 4.78 is 0. The molecule has 5 heteroatoms. The number of anilines is 1. The predicted octanol–water partition coefficient (Wildman–Crippen LogP) is 2.17. The summed E-state index contributed by atoms with van der Waals surface area (Å²) in [6.45, 7) is 4.04. The zero-order valence-corrected chi connectivity index (χ0v) is 13.3. The van der Waals surface area contributed by atoms with E-state index in [0.29, 0.717) is 31.1 Å². The number of carbonyl (C=O) groups excluding carboxylic acids is 2. The Morgan fingerprint density at radius 2 is 2.09 bits per heavy atom. The van der Waals surface area contributed by atoms with Crippen molar-refractivity contribution in [3.8, 4) is 0 Å². The van der Waals surface area contributed by atoms with Gasteiger partial charge in [-0.1, -0.05) is 6.07 Å². The molecule has 120 valence electrons. The van der Waals surface area contributed by atoms with Crippen LogP contribution in [-0.2, 0) is 9.59 Å². The van der Waals surface area contributed by atoms with Crippen LogP contribution < -0.4 is 10.2 Å². The Balaban J connectivity index is 1.64. The van der Waals surface area contributed by atoms with Crippen LogP contribution in [0.3, 0.4) is 0 Å². The number of hydrogen-bond donors (Lipinski definition) is 1. The fourth-order valence-electron chi connectivity index (χ4n) is 2.88. The summed E-state index contributed by atoms with van der Waals surface area (Å²) in [7, 11) is 0. The van der Waals surface area contributed by atoms with Crippen LogP contribution in [0.15, 0.2) is 24.4 Å². The molecule has 0 atom stereocenters. The van der Waals surface area contributed by atoms with E-state index < -0.39 is 0 Å². The number of aromatic nitrogens is 1.